The normalized spacial score (nSPS) is 22.4. The summed E-state index contributed by atoms with van der Waals surface area (Å²) in [5.41, 5.74) is 5.92. The van der Waals surface area contributed by atoms with Crippen molar-refractivity contribution in [3.63, 3.8) is 0 Å². The standard InChI is InChI=1S/C28H24FNO/c29-21-13-10-19(11-14-21)27-24-9-4-16-31-28(24)25-17-20(12-15-26(25)30-27)23-8-3-6-18-5-1-2-7-22(18)23/h1-3,5-8,10-15,17,24,27-28,30H,4,9,16H2/t24-,27-,28-/m0/s1. The van der Waals surface area contributed by atoms with Crippen LogP contribution in [-0.2, 0) is 4.74 Å². The summed E-state index contributed by atoms with van der Waals surface area (Å²) in [4.78, 5) is 0. The third kappa shape index (κ3) is 3.21. The fourth-order valence-corrected chi connectivity index (χ4v) is 5.32. The van der Waals surface area contributed by atoms with Crippen molar-refractivity contribution in [3.05, 3.63) is 102 Å². The molecule has 0 spiro atoms. The van der Waals surface area contributed by atoms with E-state index in [1.54, 1.807) is 12.1 Å². The van der Waals surface area contributed by atoms with Crippen molar-refractivity contribution in [1.29, 1.82) is 0 Å². The molecule has 0 aliphatic carbocycles. The molecule has 4 aromatic rings. The number of rotatable bonds is 2. The Labute approximate surface area is 181 Å². The van der Waals surface area contributed by atoms with Gasteiger partial charge in [-0.25, -0.2) is 4.39 Å². The molecular formula is C28H24FNO. The molecule has 0 saturated carbocycles. The Morgan fingerprint density at radius 3 is 2.61 bits per heavy atom. The zero-order valence-electron chi connectivity index (χ0n) is 17.2. The molecule has 2 aliphatic rings. The smallest absolute Gasteiger partial charge is 0.123 e. The Morgan fingerprint density at radius 1 is 0.871 bits per heavy atom. The molecule has 2 heterocycles. The monoisotopic (exact) mass is 409 g/mol. The highest BCUT2D eigenvalue weighted by Gasteiger charge is 2.39. The van der Waals surface area contributed by atoms with E-state index in [2.05, 4.69) is 66.0 Å². The highest BCUT2D eigenvalue weighted by molar-refractivity contribution is 5.97. The highest BCUT2D eigenvalue weighted by atomic mass is 19.1. The summed E-state index contributed by atoms with van der Waals surface area (Å²) >= 11 is 0. The molecule has 1 saturated heterocycles. The molecule has 0 bridgehead atoms. The van der Waals surface area contributed by atoms with Crippen LogP contribution in [0.1, 0.15) is 36.1 Å². The molecule has 154 valence electrons. The lowest BCUT2D eigenvalue weighted by molar-refractivity contribution is -0.0381. The number of halogens is 1. The van der Waals surface area contributed by atoms with Crippen molar-refractivity contribution in [2.45, 2.75) is 25.0 Å². The van der Waals surface area contributed by atoms with Gasteiger partial charge in [-0.05, 0) is 64.6 Å². The molecule has 1 N–H and O–H groups in total. The number of ether oxygens (including phenoxy) is 1. The van der Waals surface area contributed by atoms with Crippen molar-refractivity contribution in [2.24, 2.45) is 5.92 Å². The Hall–Kier alpha value is -3.17. The quantitative estimate of drug-likeness (QED) is 0.376. The van der Waals surface area contributed by atoms with Gasteiger partial charge in [0.05, 0.1) is 12.1 Å². The first-order chi connectivity index (χ1) is 15.3. The maximum atomic E-state index is 13.5. The maximum absolute atomic E-state index is 13.5. The maximum Gasteiger partial charge on any atom is 0.123 e. The fourth-order valence-electron chi connectivity index (χ4n) is 5.32. The minimum absolute atomic E-state index is 0.0509. The first-order valence-corrected chi connectivity index (χ1v) is 11.0. The van der Waals surface area contributed by atoms with Gasteiger partial charge in [-0.3, -0.25) is 0 Å². The van der Waals surface area contributed by atoms with Crippen LogP contribution >= 0.6 is 0 Å². The molecule has 0 radical (unpaired) electrons. The van der Waals surface area contributed by atoms with Crippen molar-refractivity contribution >= 4 is 16.5 Å². The Balaban J connectivity index is 1.45. The van der Waals surface area contributed by atoms with Gasteiger partial charge in [-0.15, -0.1) is 0 Å². The van der Waals surface area contributed by atoms with Crippen LogP contribution in [0, 0.1) is 11.7 Å². The summed E-state index contributed by atoms with van der Waals surface area (Å²) in [7, 11) is 0. The van der Waals surface area contributed by atoms with Gasteiger partial charge >= 0.3 is 0 Å². The summed E-state index contributed by atoms with van der Waals surface area (Å²) < 4.78 is 19.8. The molecule has 2 aliphatic heterocycles. The lowest BCUT2D eigenvalue weighted by atomic mass is 9.77. The van der Waals surface area contributed by atoms with Crippen molar-refractivity contribution in [2.75, 3.05) is 11.9 Å². The van der Waals surface area contributed by atoms with Crippen LogP contribution in [0.25, 0.3) is 21.9 Å². The molecule has 4 aromatic carbocycles. The van der Waals surface area contributed by atoms with E-state index < -0.39 is 0 Å². The molecule has 6 rings (SSSR count). The van der Waals surface area contributed by atoms with Gasteiger partial charge < -0.3 is 10.1 Å². The number of hydrogen-bond donors (Lipinski definition) is 1. The van der Waals surface area contributed by atoms with Gasteiger partial charge in [-0.2, -0.15) is 0 Å². The second-order valence-electron chi connectivity index (χ2n) is 8.60. The van der Waals surface area contributed by atoms with E-state index in [-0.39, 0.29) is 18.0 Å². The van der Waals surface area contributed by atoms with Crippen LogP contribution in [-0.4, -0.2) is 6.61 Å². The van der Waals surface area contributed by atoms with Crippen molar-refractivity contribution < 1.29 is 9.13 Å². The SMILES string of the molecule is Fc1ccc([C@@H]2Nc3ccc(-c4cccc5ccccc45)cc3[C@H]3OCCC[C@H]32)cc1. The Morgan fingerprint density at radius 2 is 1.71 bits per heavy atom. The van der Waals surface area contributed by atoms with Gasteiger partial charge in [0, 0.05) is 23.8 Å². The van der Waals surface area contributed by atoms with E-state index in [9.17, 15) is 4.39 Å². The Kier molecular flexibility index (Phi) is 4.50. The average molecular weight is 410 g/mol. The number of nitrogens with one attached hydrogen (secondary N) is 1. The molecule has 0 unspecified atom stereocenters. The summed E-state index contributed by atoms with van der Waals surface area (Å²) in [6, 6.07) is 28.7. The summed E-state index contributed by atoms with van der Waals surface area (Å²) in [6.45, 7) is 0.787. The molecular weight excluding hydrogens is 385 g/mol. The van der Waals surface area contributed by atoms with Crippen LogP contribution < -0.4 is 5.32 Å². The first-order valence-electron chi connectivity index (χ1n) is 11.0. The summed E-state index contributed by atoms with van der Waals surface area (Å²) in [6.07, 6.45) is 2.20. The zero-order chi connectivity index (χ0) is 20.8. The van der Waals surface area contributed by atoms with Crippen LogP contribution in [0.3, 0.4) is 0 Å². The molecule has 0 aromatic heterocycles. The van der Waals surface area contributed by atoms with Gasteiger partial charge in [0.2, 0.25) is 0 Å². The van der Waals surface area contributed by atoms with Crippen LogP contribution in [0.2, 0.25) is 0 Å². The minimum atomic E-state index is -0.198. The Bertz CT molecular complexity index is 1240. The van der Waals surface area contributed by atoms with Crippen molar-refractivity contribution in [1.82, 2.24) is 0 Å². The minimum Gasteiger partial charge on any atom is -0.378 e. The fraction of sp³-hybridized carbons (Fsp3) is 0.214. The van der Waals surface area contributed by atoms with Crippen LogP contribution in [0.15, 0.2) is 84.9 Å². The van der Waals surface area contributed by atoms with Crippen LogP contribution in [0.5, 0.6) is 0 Å². The largest absolute Gasteiger partial charge is 0.378 e. The number of anilines is 1. The van der Waals surface area contributed by atoms with Crippen molar-refractivity contribution in [3.8, 4) is 11.1 Å². The number of benzene rings is 4. The average Bonchev–Trinajstić information content (AvgIpc) is 2.83. The van der Waals surface area contributed by atoms with Gasteiger partial charge in [-0.1, -0.05) is 60.7 Å². The topological polar surface area (TPSA) is 21.3 Å². The molecule has 3 atom stereocenters. The lowest BCUT2D eigenvalue weighted by Gasteiger charge is -2.43. The second-order valence-corrected chi connectivity index (χ2v) is 8.60. The van der Waals surface area contributed by atoms with Gasteiger partial charge in [0.25, 0.3) is 0 Å². The van der Waals surface area contributed by atoms with E-state index in [0.29, 0.717) is 5.92 Å². The molecule has 31 heavy (non-hydrogen) atoms. The van der Waals surface area contributed by atoms with E-state index in [4.69, 9.17) is 4.74 Å². The van der Waals surface area contributed by atoms with Gasteiger partial charge in [0.1, 0.15) is 5.82 Å². The third-order valence-electron chi connectivity index (χ3n) is 6.80. The third-order valence-corrected chi connectivity index (χ3v) is 6.80. The summed E-state index contributed by atoms with van der Waals surface area (Å²) in [5, 5.41) is 6.26. The van der Waals surface area contributed by atoms with Gasteiger partial charge in [0.15, 0.2) is 0 Å². The molecule has 1 fully saturated rings. The highest BCUT2D eigenvalue weighted by Crippen LogP contribution is 2.50. The van der Waals surface area contributed by atoms with Crippen LogP contribution in [0.4, 0.5) is 10.1 Å². The second kappa shape index (κ2) is 7.51. The predicted octanol–water partition coefficient (Wildman–Crippen LogP) is 7.28. The van der Waals surface area contributed by atoms with E-state index in [1.807, 2.05) is 12.1 Å². The predicted molar refractivity (Wildman–Crippen MR) is 124 cm³/mol. The number of hydrogen-bond acceptors (Lipinski definition) is 2. The molecule has 2 nitrogen and oxygen atoms in total. The molecule has 0 amide bonds. The van der Waals surface area contributed by atoms with E-state index >= 15 is 0 Å². The number of fused-ring (bicyclic) bond motifs is 4. The van der Waals surface area contributed by atoms with E-state index in [1.165, 1.54) is 27.5 Å². The zero-order valence-corrected chi connectivity index (χ0v) is 17.2. The lowest BCUT2D eigenvalue weighted by Crippen LogP contribution is -2.36. The summed E-state index contributed by atoms with van der Waals surface area (Å²) in [5.74, 6) is 0.130. The first kappa shape index (κ1) is 18.6. The van der Waals surface area contributed by atoms with E-state index in [0.717, 1.165) is 30.7 Å². The molecule has 3 heteroatoms.